The number of carbonyl (C=O) groups is 3. The summed E-state index contributed by atoms with van der Waals surface area (Å²) in [7, 11) is 1.48. The third-order valence-electron chi connectivity index (χ3n) is 5.55. The Morgan fingerprint density at radius 1 is 1.19 bits per heavy atom. The van der Waals surface area contributed by atoms with Gasteiger partial charge in [0, 0.05) is 24.2 Å². The summed E-state index contributed by atoms with van der Waals surface area (Å²) in [5.41, 5.74) is 0.322. The number of carbonyl (C=O) groups excluding carboxylic acids is 2. The largest absolute Gasteiger partial charge is 0.496 e. The Balaban J connectivity index is 1.81. The molecule has 146 valence electrons. The van der Waals surface area contributed by atoms with Gasteiger partial charge < -0.3 is 19.6 Å². The fraction of sp³-hybridized carbons (Fsp3) is 0.526. The van der Waals surface area contributed by atoms with Gasteiger partial charge in [0.15, 0.2) is 0 Å². The van der Waals surface area contributed by atoms with Crippen molar-refractivity contribution in [2.45, 2.75) is 38.3 Å². The minimum absolute atomic E-state index is 0.182. The molecule has 0 radical (unpaired) electrons. The van der Waals surface area contributed by atoms with E-state index in [9.17, 15) is 19.5 Å². The number of hydrogen-bond acceptors (Lipinski definition) is 4. The Morgan fingerprint density at radius 2 is 1.93 bits per heavy atom. The first-order chi connectivity index (χ1) is 12.8. The lowest BCUT2D eigenvalue weighted by Crippen LogP contribution is -2.49. The van der Waals surface area contributed by atoms with E-state index < -0.39 is 17.9 Å². The predicted molar refractivity (Wildman–Crippen MR) is 99.0 cm³/mol. The summed E-state index contributed by atoms with van der Waals surface area (Å²) in [4.78, 5) is 40.6. The molecule has 1 aromatic rings. The highest BCUT2D eigenvalue weighted by atomic mass is 35.5. The Bertz CT molecular complexity index is 768. The zero-order chi connectivity index (χ0) is 19.7. The van der Waals surface area contributed by atoms with Crippen LogP contribution in [0.15, 0.2) is 18.2 Å². The van der Waals surface area contributed by atoms with Crippen molar-refractivity contribution in [2.75, 3.05) is 20.2 Å². The number of carboxylic acid groups (broad SMARTS) is 1. The molecule has 27 heavy (non-hydrogen) atoms. The number of rotatable bonds is 4. The second-order valence-corrected chi connectivity index (χ2v) is 7.44. The summed E-state index contributed by atoms with van der Waals surface area (Å²) in [6, 6.07) is 3.84. The minimum atomic E-state index is -0.888. The predicted octanol–water partition coefficient (Wildman–Crippen LogP) is 2.27. The molecule has 2 heterocycles. The fourth-order valence-corrected chi connectivity index (χ4v) is 4.21. The van der Waals surface area contributed by atoms with Gasteiger partial charge >= 0.3 is 5.97 Å². The van der Waals surface area contributed by atoms with Crippen LogP contribution in [0.1, 0.15) is 36.5 Å². The third kappa shape index (κ3) is 3.60. The van der Waals surface area contributed by atoms with E-state index in [4.69, 9.17) is 16.3 Å². The first-order valence-corrected chi connectivity index (χ1v) is 9.40. The standard InChI is InChI=1S/C19H23ClN2O5/c1-11-13(19(25)26)7-9-21(11)18(24)15-4-3-8-22(15)17(23)14-10-12(20)5-6-16(14)27-2/h5-6,10-11,13,15H,3-4,7-9H2,1-2H3,(H,25,26). The minimum Gasteiger partial charge on any atom is -0.496 e. The van der Waals surface area contributed by atoms with E-state index in [1.54, 1.807) is 34.9 Å². The van der Waals surface area contributed by atoms with Crippen molar-refractivity contribution < 1.29 is 24.2 Å². The molecular weight excluding hydrogens is 372 g/mol. The van der Waals surface area contributed by atoms with Crippen molar-refractivity contribution in [3.63, 3.8) is 0 Å². The molecule has 3 rings (SSSR count). The van der Waals surface area contributed by atoms with E-state index in [0.29, 0.717) is 42.3 Å². The molecule has 0 saturated carbocycles. The number of aliphatic carboxylic acids is 1. The Morgan fingerprint density at radius 3 is 2.56 bits per heavy atom. The van der Waals surface area contributed by atoms with Gasteiger partial charge in [0.25, 0.3) is 5.91 Å². The molecular formula is C19H23ClN2O5. The maximum absolute atomic E-state index is 13.1. The van der Waals surface area contributed by atoms with E-state index >= 15 is 0 Å². The SMILES string of the molecule is COc1ccc(Cl)cc1C(=O)N1CCCC1C(=O)N1CCC(C(=O)O)C1C. The lowest BCUT2D eigenvalue weighted by Gasteiger charge is -2.31. The molecule has 2 amide bonds. The van der Waals surface area contributed by atoms with Gasteiger partial charge in [-0.25, -0.2) is 0 Å². The number of ether oxygens (including phenoxy) is 1. The van der Waals surface area contributed by atoms with Crippen LogP contribution in [0.25, 0.3) is 0 Å². The Labute approximate surface area is 162 Å². The van der Waals surface area contributed by atoms with Gasteiger partial charge in [0.1, 0.15) is 11.8 Å². The second-order valence-electron chi connectivity index (χ2n) is 7.01. The Hall–Kier alpha value is -2.28. The van der Waals surface area contributed by atoms with Gasteiger partial charge in [-0.3, -0.25) is 14.4 Å². The lowest BCUT2D eigenvalue weighted by atomic mass is 10.0. The summed E-state index contributed by atoms with van der Waals surface area (Å²) in [6.07, 6.45) is 1.72. The number of likely N-dealkylation sites (tertiary alicyclic amines) is 2. The van der Waals surface area contributed by atoms with Crippen molar-refractivity contribution >= 4 is 29.4 Å². The van der Waals surface area contributed by atoms with Crippen molar-refractivity contribution in [3.8, 4) is 5.75 Å². The molecule has 0 aliphatic carbocycles. The zero-order valence-corrected chi connectivity index (χ0v) is 16.1. The summed E-state index contributed by atoms with van der Waals surface area (Å²) in [5.74, 6) is -1.53. The van der Waals surface area contributed by atoms with Crippen LogP contribution in [0.5, 0.6) is 5.75 Å². The fourth-order valence-electron chi connectivity index (χ4n) is 4.04. The number of amides is 2. The van der Waals surface area contributed by atoms with Crippen LogP contribution in [0, 0.1) is 5.92 Å². The smallest absolute Gasteiger partial charge is 0.308 e. The van der Waals surface area contributed by atoms with Crippen LogP contribution < -0.4 is 4.74 Å². The van der Waals surface area contributed by atoms with Crippen LogP contribution in [0.3, 0.4) is 0 Å². The average Bonchev–Trinajstić information content (AvgIpc) is 3.27. The van der Waals surface area contributed by atoms with Gasteiger partial charge in [-0.05, 0) is 44.4 Å². The molecule has 0 bridgehead atoms. The van der Waals surface area contributed by atoms with Crippen LogP contribution in [0.2, 0.25) is 5.02 Å². The topological polar surface area (TPSA) is 87.2 Å². The number of benzene rings is 1. The number of halogens is 1. The molecule has 3 unspecified atom stereocenters. The molecule has 2 aliphatic heterocycles. The molecule has 1 aromatic carbocycles. The average molecular weight is 395 g/mol. The van der Waals surface area contributed by atoms with Gasteiger partial charge in [-0.1, -0.05) is 11.6 Å². The van der Waals surface area contributed by atoms with Crippen molar-refractivity contribution in [1.29, 1.82) is 0 Å². The van der Waals surface area contributed by atoms with Gasteiger partial charge in [-0.15, -0.1) is 0 Å². The van der Waals surface area contributed by atoms with Gasteiger partial charge in [-0.2, -0.15) is 0 Å². The van der Waals surface area contributed by atoms with Crippen LogP contribution >= 0.6 is 11.6 Å². The normalized spacial score (nSPS) is 24.9. The highest BCUT2D eigenvalue weighted by Gasteiger charge is 2.44. The zero-order valence-electron chi connectivity index (χ0n) is 15.4. The van der Waals surface area contributed by atoms with Crippen LogP contribution in [-0.4, -0.2) is 65.0 Å². The summed E-state index contributed by atoms with van der Waals surface area (Å²) in [5, 5.41) is 9.71. The number of methoxy groups -OCH3 is 1. The van der Waals surface area contributed by atoms with Crippen molar-refractivity contribution in [3.05, 3.63) is 28.8 Å². The lowest BCUT2D eigenvalue weighted by molar-refractivity contribution is -0.143. The van der Waals surface area contributed by atoms with E-state index in [1.807, 2.05) is 0 Å². The number of nitrogens with zero attached hydrogens (tertiary/aromatic N) is 2. The van der Waals surface area contributed by atoms with Crippen LogP contribution in [-0.2, 0) is 9.59 Å². The molecule has 1 N–H and O–H groups in total. The second kappa shape index (κ2) is 7.76. The van der Waals surface area contributed by atoms with Crippen molar-refractivity contribution in [1.82, 2.24) is 9.80 Å². The molecule has 3 atom stereocenters. The van der Waals surface area contributed by atoms with E-state index in [2.05, 4.69) is 0 Å². The summed E-state index contributed by atoms with van der Waals surface area (Å²) >= 11 is 6.03. The Kier molecular flexibility index (Phi) is 5.60. The first kappa shape index (κ1) is 19.5. The maximum Gasteiger partial charge on any atom is 0.308 e. The van der Waals surface area contributed by atoms with Crippen LogP contribution in [0.4, 0.5) is 0 Å². The monoisotopic (exact) mass is 394 g/mol. The molecule has 7 nitrogen and oxygen atoms in total. The molecule has 2 fully saturated rings. The van der Waals surface area contributed by atoms with Crippen molar-refractivity contribution in [2.24, 2.45) is 5.92 Å². The molecule has 2 aliphatic rings. The molecule has 8 heteroatoms. The maximum atomic E-state index is 13.1. The molecule has 0 spiro atoms. The third-order valence-corrected chi connectivity index (χ3v) is 5.78. The molecule has 2 saturated heterocycles. The number of carboxylic acids is 1. The number of hydrogen-bond donors (Lipinski definition) is 1. The highest BCUT2D eigenvalue weighted by Crippen LogP contribution is 2.31. The summed E-state index contributed by atoms with van der Waals surface area (Å²) in [6.45, 7) is 2.62. The van der Waals surface area contributed by atoms with Gasteiger partial charge in [0.05, 0.1) is 18.6 Å². The molecule has 0 aromatic heterocycles. The van der Waals surface area contributed by atoms with E-state index in [-0.39, 0.29) is 17.9 Å². The summed E-state index contributed by atoms with van der Waals surface area (Å²) < 4.78 is 5.27. The van der Waals surface area contributed by atoms with E-state index in [1.165, 1.54) is 7.11 Å². The quantitative estimate of drug-likeness (QED) is 0.846. The van der Waals surface area contributed by atoms with Gasteiger partial charge in [0.2, 0.25) is 5.91 Å². The van der Waals surface area contributed by atoms with E-state index in [0.717, 1.165) is 6.42 Å². The highest BCUT2D eigenvalue weighted by molar-refractivity contribution is 6.31. The first-order valence-electron chi connectivity index (χ1n) is 9.03.